The summed E-state index contributed by atoms with van der Waals surface area (Å²) in [5.41, 5.74) is 2.15. The first-order valence-corrected chi connectivity index (χ1v) is 3.92. The number of rotatable bonds is 3. The molecular weight excluding hydrogens is 148 g/mol. The first-order chi connectivity index (χ1) is 5.88. The second-order valence-electron chi connectivity index (χ2n) is 2.54. The molecule has 0 heterocycles. The minimum atomic E-state index is 0.721. The van der Waals surface area contributed by atoms with Crippen molar-refractivity contribution in [3.8, 4) is 12.3 Å². The molecule has 0 saturated heterocycles. The maximum absolute atomic E-state index is 5.33. The molecule has 0 aromatic heterocycles. The van der Waals surface area contributed by atoms with Gasteiger partial charge >= 0.3 is 0 Å². The molecule has 0 fully saturated rings. The molecule has 0 spiro atoms. The number of hydrogen-bond donors (Lipinski definition) is 0. The smallest absolute Gasteiger partial charge is 0.0503 e. The third-order valence-corrected chi connectivity index (χ3v) is 1.75. The van der Waals surface area contributed by atoms with E-state index in [1.54, 1.807) is 7.11 Å². The van der Waals surface area contributed by atoms with Crippen molar-refractivity contribution in [3.05, 3.63) is 35.4 Å². The van der Waals surface area contributed by atoms with Gasteiger partial charge in [-0.3, -0.25) is 0 Å². The molecule has 0 aliphatic carbocycles. The number of terminal acetylenes is 1. The monoisotopic (exact) mass is 160 g/mol. The van der Waals surface area contributed by atoms with Crippen molar-refractivity contribution in [3.63, 3.8) is 0 Å². The Balaban J connectivity index is 2.77. The van der Waals surface area contributed by atoms with E-state index in [0.29, 0.717) is 0 Å². The van der Waals surface area contributed by atoms with Crippen molar-refractivity contribution >= 4 is 0 Å². The van der Waals surface area contributed by atoms with Gasteiger partial charge in [-0.05, 0) is 18.1 Å². The van der Waals surface area contributed by atoms with E-state index >= 15 is 0 Å². The summed E-state index contributed by atoms with van der Waals surface area (Å²) in [5.74, 6) is 2.65. The molecule has 0 atom stereocenters. The minimum Gasteiger partial charge on any atom is -0.384 e. The molecule has 62 valence electrons. The second kappa shape index (κ2) is 4.58. The van der Waals surface area contributed by atoms with E-state index in [1.165, 1.54) is 5.56 Å². The Kier molecular flexibility index (Phi) is 3.37. The van der Waals surface area contributed by atoms with E-state index in [0.717, 1.165) is 18.6 Å². The van der Waals surface area contributed by atoms with Gasteiger partial charge < -0.3 is 4.74 Å². The third-order valence-electron chi connectivity index (χ3n) is 1.75. The summed E-state index contributed by atoms with van der Waals surface area (Å²) < 4.78 is 4.98. The normalized spacial score (nSPS) is 9.33. The van der Waals surface area contributed by atoms with E-state index < -0.39 is 0 Å². The van der Waals surface area contributed by atoms with Crippen LogP contribution in [0.1, 0.15) is 11.1 Å². The zero-order valence-electron chi connectivity index (χ0n) is 7.21. The fourth-order valence-corrected chi connectivity index (χ4v) is 1.09. The molecule has 1 aromatic carbocycles. The molecule has 1 nitrogen and oxygen atoms in total. The van der Waals surface area contributed by atoms with Crippen LogP contribution >= 0.6 is 0 Å². The largest absolute Gasteiger partial charge is 0.384 e. The fourth-order valence-electron chi connectivity index (χ4n) is 1.09. The lowest BCUT2D eigenvalue weighted by Crippen LogP contribution is -1.96. The predicted octanol–water partition coefficient (Wildman–Crippen LogP) is 1.86. The maximum Gasteiger partial charge on any atom is 0.0503 e. The second-order valence-corrected chi connectivity index (χ2v) is 2.54. The Hall–Kier alpha value is -1.26. The van der Waals surface area contributed by atoms with Gasteiger partial charge in [-0.2, -0.15) is 0 Å². The summed E-state index contributed by atoms with van der Waals surface area (Å²) >= 11 is 0. The lowest BCUT2D eigenvalue weighted by atomic mass is 10.1. The molecule has 0 bridgehead atoms. The lowest BCUT2D eigenvalue weighted by molar-refractivity contribution is 0.202. The number of methoxy groups -OCH3 is 1. The van der Waals surface area contributed by atoms with Crippen LogP contribution in [0, 0.1) is 12.3 Å². The van der Waals surface area contributed by atoms with Crippen LogP contribution in [0.25, 0.3) is 0 Å². The van der Waals surface area contributed by atoms with Crippen LogP contribution < -0.4 is 0 Å². The van der Waals surface area contributed by atoms with Gasteiger partial charge in [-0.1, -0.05) is 24.1 Å². The van der Waals surface area contributed by atoms with Gasteiger partial charge in [0.1, 0.15) is 0 Å². The topological polar surface area (TPSA) is 9.23 Å². The molecule has 12 heavy (non-hydrogen) atoms. The molecular formula is C11H12O. The van der Waals surface area contributed by atoms with Crippen LogP contribution in [0.15, 0.2) is 24.3 Å². The van der Waals surface area contributed by atoms with Crippen LogP contribution in [0.4, 0.5) is 0 Å². The van der Waals surface area contributed by atoms with E-state index in [-0.39, 0.29) is 0 Å². The molecule has 1 heteroatoms. The minimum absolute atomic E-state index is 0.721. The fraction of sp³-hybridized carbons (Fsp3) is 0.273. The van der Waals surface area contributed by atoms with Crippen LogP contribution in [0.3, 0.4) is 0 Å². The van der Waals surface area contributed by atoms with E-state index in [4.69, 9.17) is 11.2 Å². The predicted molar refractivity (Wildman–Crippen MR) is 50.0 cm³/mol. The molecule has 0 aliphatic rings. The Labute approximate surface area is 73.4 Å². The van der Waals surface area contributed by atoms with Crippen molar-refractivity contribution in [2.75, 3.05) is 13.7 Å². The summed E-state index contributed by atoms with van der Waals surface area (Å²) in [6, 6.07) is 7.93. The number of benzene rings is 1. The average Bonchev–Trinajstić information content (AvgIpc) is 2.15. The van der Waals surface area contributed by atoms with E-state index in [2.05, 4.69) is 5.92 Å². The summed E-state index contributed by atoms with van der Waals surface area (Å²) in [6.45, 7) is 0.721. The Bertz CT molecular complexity index is 283. The van der Waals surface area contributed by atoms with Gasteiger partial charge in [0.15, 0.2) is 0 Å². The van der Waals surface area contributed by atoms with E-state index in [9.17, 15) is 0 Å². The molecule has 0 saturated carbocycles. The first-order valence-electron chi connectivity index (χ1n) is 3.92. The molecule has 0 radical (unpaired) electrons. The van der Waals surface area contributed by atoms with Crippen molar-refractivity contribution < 1.29 is 4.74 Å². The van der Waals surface area contributed by atoms with Crippen molar-refractivity contribution in [1.82, 2.24) is 0 Å². The molecule has 0 amide bonds. The van der Waals surface area contributed by atoms with Crippen molar-refractivity contribution in [2.24, 2.45) is 0 Å². The highest BCUT2D eigenvalue weighted by Gasteiger charge is 1.96. The highest BCUT2D eigenvalue weighted by Crippen LogP contribution is 2.07. The third kappa shape index (κ3) is 2.11. The summed E-state index contributed by atoms with van der Waals surface area (Å²) in [4.78, 5) is 0. The Morgan fingerprint density at radius 3 is 2.83 bits per heavy atom. The maximum atomic E-state index is 5.33. The van der Waals surface area contributed by atoms with Crippen molar-refractivity contribution in [2.45, 2.75) is 6.42 Å². The van der Waals surface area contributed by atoms with Gasteiger partial charge in [-0.25, -0.2) is 0 Å². The van der Waals surface area contributed by atoms with Gasteiger partial charge in [0.2, 0.25) is 0 Å². The quantitative estimate of drug-likeness (QED) is 0.613. The summed E-state index contributed by atoms with van der Waals surface area (Å²) in [7, 11) is 1.69. The van der Waals surface area contributed by atoms with Gasteiger partial charge in [-0.15, -0.1) is 6.42 Å². The highest BCUT2D eigenvalue weighted by atomic mass is 16.5. The van der Waals surface area contributed by atoms with Crippen LogP contribution in [0.2, 0.25) is 0 Å². The Morgan fingerprint density at radius 2 is 2.17 bits per heavy atom. The first kappa shape index (κ1) is 8.83. The van der Waals surface area contributed by atoms with E-state index in [1.807, 2.05) is 24.3 Å². The summed E-state index contributed by atoms with van der Waals surface area (Å²) in [6.07, 6.45) is 6.22. The van der Waals surface area contributed by atoms with Gasteiger partial charge in [0, 0.05) is 12.7 Å². The zero-order valence-corrected chi connectivity index (χ0v) is 7.21. The summed E-state index contributed by atoms with van der Waals surface area (Å²) in [5, 5.41) is 0. The van der Waals surface area contributed by atoms with Gasteiger partial charge in [0.25, 0.3) is 0 Å². The SMILES string of the molecule is C#Cc1ccccc1CCOC. The number of ether oxygens (including phenoxy) is 1. The van der Waals surface area contributed by atoms with Crippen LogP contribution in [-0.2, 0) is 11.2 Å². The average molecular weight is 160 g/mol. The zero-order chi connectivity index (χ0) is 8.81. The van der Waals surface area contributed by atoms with Crippen LogP contribution in [-0.4, -0.2) is 13.7 Å². The molecule has 0 N–H and O–H groups in total. The molecule has 1 rings (SSSR count). The van der Waals surface area contributed by atoms with Crippen LogP contribution in [0.5, 0.6) is 0 Å². The lowest BCUT2D eigenvalue weighted by Gasteiger charge is -2.02. The van der Waals surface area contributed by atoms with Gasteiger partial charge in [0.05, 0.1) is 6.61 Å². The number of hydrogen-bond acceptors (Lipinski definition) is 1. The molecule has 0 aliphatic heterocycles. The highest BCUT2D eigenvalue weighted by molar-refractivity contribution is 5.39. The standard InChI is InChI=1S/C11H12O/c1-3-10-6-4-5-7-11(10)8-9-12-2/h1,4-7H,8-9H2,2H3. The molecule has 1 aromatic rings. The molecule has 0 unspecified atom stereocenters. The Morgan fingerprint density at radius 1 is 1.42 bits per heavy atom. The van der Waals surface area contributed by atoms with Crippen molar-refractivity contribution in [1.29, 1.82) is 0 Å².